The average molecular weight is 393 g/mol. The molecule has 5 nitrogen and oxygen atoms in total. The summed E-state index contributed by atoms with van der Waals surface area (Å²) in [6.07, 6.45) is 1.44. The monoisotopic (exact) mass is 392 g/mol. The normalized spacial score (nSPS) is 12.9. The van der Waals surface area contributed by atoms with Gasteiger partial charge in [-0.3, -0.25) is 9.59 Å². The van der Waals surface area contributed by atoms with E-state index in [0.29, 0.717) is 28.2 Å². The maximum Gasteiger partial charge on any atom is 0.339 e. The summed E-state index contributed by atoms with van der Waals surface area (Å²) in [5, 5.41) is 0.268. The highest BCUT2D eigenvalue weighted by molar-refractivity contribution is 6.41. The number of fused-ring (bicyclic) bond motifs is 1. The van der Waals surface area contributed by atoms with Crippen molar-refractivity contribution in [2.24, 2.45) is 0 Å². The minimum absolute atomic E-state index is 0.0634. The molecular formula is C22H13ClO5. The van der Waals surface area contributed by atoms with Crippen molar-refractivity contribution in [3.8, 4) is 11.3 Å². The number of carbonyl (C=O) groups excluding carboxylic acids is 3. The Labute approximate surface area is 165 Å². The molecule has 0 fully saturated rings. The van der Waals surface area contributed by atoms with Gasteiger partial charge in [-0.2, -0.15) is 0 Å². The van der Waals surface area contributed by atoms with E-state index in [9.17, 15) is 14.4 Å². The number of furan rings is 1. The molecule has 1 aliphatic rings. The van der Waals surface area contributed by atoms with Gasteiger partial charge in [-0.15, -0.1) is 0 Å². The smallest absolute Gasteiger partial charge is 0.339 e. The molecule has 0 N–H and O–H groups in total. The van der Waals surface area contributed by atoms with Gasteiger partial charge in [-0.25, -0.2) is 4.79 Å². The van der Waals surface area contributed by atoms with Crippen LogP contribution >= 0.6 is 11.6 Å². The number of ether oxygens (including phenoxy) is 1. The molecular weight excluding hydrogens is 380 g/mol. The summed E-state index contributed by atoms with van der Waals surface area (Å²) in [6.45, 7) is 0. The highest BCUT2D eigenvalue weighted by atomic mass is 35.5. The van der Waals surface area contributed by atoms with Crippen LogP contribution in [-0.4, -0.2) is 24.6 Å². The first-order valence-electron chi connectivity index (χ1n) is 8.38. The minimum Gasteiger partial charge on any atom is -0.465 e. The summed E-state index contributed by atoms with van der Waals surface area (Å²) in [5.41, 5.74) is 1.68. The van der Waals surface area contributed by atoms with E-state index in [1.165, 1.54) is 13.2 Å². The summed E-state index contributed by atoms with van der Waals surface area (Å²) in [5.74, 6) is -0.380. The molecule has 0 amide bonds. The number of ketones is 2. The van der Waals surface area contributed by atoms with E-state index in [2.05, 4.69) is 0 Å². The second kappa shape index (κ2) is 6.94. The van der Waals surface area contributed by atoms with Crippen LogP contribution in [0.5, 0.6) is 0 Å². The van der Waals surface area contributed by atoms with Crippen LogP contribution in [-0.2, 0) is 4.74 Å². The molecule has 3 aromatic rings. The van der Waals surface area contributed by atoms with Gasteiger partial charge in [0.05, 0.1) is 23.3 Å². The predicted molar refractivity (Wildman–Crippen MR) is 104 cm³/mol. The third kappa shape index (κ3) is 2.96. The van der Waals surface area contributed by atoms with Crippen molar-refractivity contribution >= 4 is 35.2 Å². The standard InChI is InChI=1S/C22H13ClO5/c1-27-22(26)16-10-12(6-8-18(16)23)19-9-7-13(28-19)11-17-20(24)14-4-2-3-5-15(14)21(17)25/h2-11H,1H3. The van der Waals surface area contributed by atoms with E-state index >= 15 is 0 Å². The van der Waals surface area contributed by atoms with Gasteiger partial charge in [0.15, 0.2) is 11.6 Å². The number of carbonyl (C=O) groups is 3. The Kier molecular flexibility index (Phi) is 4.45. The molecule has 0 atom stereocenters. The molecule has 0 spiro atoms. The maximum absolute atomic E-state index is 12.5. The molecule has 0 aliphatic heterocycles. The lowest BCUT2D eigenvalue weighted by Crippen LogP contribution is -2.02. The van der Waals surface area contributed by atoms with E-state index in [-0.39, 0.29) is 27.7 Å². The highest BCUT2D eigenvalue weighted by Gasteiger charge is 2.32. The first-order valence-corrected chi connectivity index (χ1v) is 8.75. The zero-order valence-electron chi connectivity index (χ0n) is 14.7. The van der Waals surface area contributed by atoms with Crippen molar-refractivity contribution in [3.05, 3.63) is 87.6 Å². The van der Waals surface area contributed by atoms with Gasteiger partial charge in [0.2, 0.25) is 0 Å². The fraction of sp³-hybridized carbons (Fsp3) is 0.0455. The van der Waals surface area contributed by atoms with Gasteiger partial charge in [-0.05, 0) is 36.4 Å². The van der Waals surface area contributed by atoms with E-state index in [1.807, 2.05) is 0 Å². The highest BCUT2D eigenvalue weighted by Crippen LogP contribution is 2.31. The Morgan fingerprint density at radius 3 is 2.32 bits per heavy atom. The number of benzene rings is 2. The largest absolute Gasteiger partial charge is 0.465 e. The molecule has 138 valence electrons. The molecule has 0 unspecified atom stereocenters. The van der Waals surface area contributed by atoms with Gasteiger partial charge < -0.3 is 9.15 Å². The fourth-order valence-corrected chi connectivity index (χ4v) is 3.27. The van der Waals surface area contributed by atoms with Crippen LogP contribution in [0.15, 0.2) is 64.6 Å². The predicted octanol–water partition coefficient (Wildman–Crippen LogP) is 4.85. The quantitative estimate of drug-likeness (QED) is 0.362. The first kappa shape index (κ1) is 17.9. The number of hydrogen-bond donors (Lipinski definition) is 0. The van der Waals surface area contributed by atoms with Crippen molar-refractivity contribution in [2.75, 3.05) is 7.11 Å². The summed E-state index contributed by atoms with van der Waals surface area (Å²) >= 11 is 6.04. The Morgan fingerprint density at radius 1 is 1.00 bits per heavy atom. The molecule has 0 radical (unpaired) electrons. The second-order valence-electron chi connectivity index (χ2n) is 6.15. The molecule has 1 aromatic heterocycles. The lowest BCUT2D eigenvalue weighted by Gasteiger charge is -2.04. The van der Waals surface area contributed by atoms with Crippen LogP contribution < -0.4 is 0 Å². The molecule has 0 saturated heterocycles. The van der Waals surface area contributed by atoms with Crippen molar-refractivity contribution < 1.29 is 23.5 Å². The van der Waals surface area contributed by atoms with E-state index in [4.69, 9.17) is 20.8 Å². The van der Waals surface area contributed by atoms with Gasteiger partial charge in [-0.1, -0.05) is 35.9 Å². The molecule has 2 aromatic carbocycles. The number of methoxy groups -OCH3 is 1. The lowest BCUT2D eigenvalue weighted by atomic mass is 10.1. The molecule has 6 heteroatoms. The topological polar surface area (TPSA) is 73.6 Å². The summed E-state index contributed by atoms with van der Waals surface area (Å²) < 4.78 is 10.5. The zero-order valence-corrected chi connectivity index (χ0v) is 15.4. The van der Waals surface area contributed by atoms with Crippen LogP contribution in [0.3, 0.4) is 0 Å². The Hall–Kier alpha value is -3.44. The van der Waals surface area contributed by atoms with Crippen molar-refractivity contribution in [3.63, 3.8) is 0 Å². The summed E-state index contributed by atoms with van der Waals surface area (Å²) in [4.78, 5) is 36.8. The third-order valence-corrected chi connectivity index (χ3v) is 4.80. The lowest BCUT2D eigenvalue weighted by molar-refractivity contribution is 0.0600. The second-order valence-corrected chi connectivity index (χ2v) is 6.56. The summed E-state index contributed by atoms with van der Waals surface area (Å²) in [6, 6.07) is 14.9. The molecule has 0 bridgehead atoms. The van der Waals surface area contributed by atoms with Crippen LogP contribution in [0.2, 0.25) is 5.02 Å². The number of esters is 1. The van der Waals surface area contributed by atoms with Crippen molar-refractivity contribution in [2.45, 2.75) is 0 Å². The number of rotatable bonds is 3. The first-order chi connectivity index (χ1) is 13.5. The van der Waals surface area contributed by atoms with Gasteiger partial charge in [0.25, 0.3) is 0 Å². The Bertz CT molecular complexity index is 1130. The van der Waals surface area contributed by atoms with Gasteiger partial charge >= 0.3 is 5.97 Å². The average Bonchev–Trinajstić information content (AvgIpc) is 3.27. The molecule has 28 heavy (non-hydrogen) atoms. The molecule has 1 aliphatic carbocycles. The van der Waals surface area contributed by atoms with E-state index in [1.54, 1.807) is 54.6 Å². The summed E-state index contributed by atoms with van der Waals surface area (Å²) in [7, 11) is 1.27. The van der Waals surface area contributed by atoms with Crippen LogP contribution in [0.4, 0.5) is 0 Å². The minimum atomic E-state index is -0.555. The molecule has 1 heterocycles. The van der Waals surface area contributed by atoms with Crippen molar-refractivity contribution in [1.82, 2.24) is 0 Å². The van der Waals surface area contributed by atoms with Crippen LogP contribution in [0, 0.1) is 0 Å². The Balaban J connectivity index is 1.68. The van der Waals surface area contributed by atoms with E-state index < -0.39 is 5.97 Å². The SMILES string of the molecule is COC(=O)c1cc(-c2ccc(C=C3C(=O)c4ccccc4C3=O)o2)ccc1Cl. The molecule has 4 rings (SSSR count). The maximum atomic E-state index is 12.5. The number of hydrogen-bond acceptors (Lipinski definition) is 5. The van der Waals surface area contributed by atoms with Crippen molar-refractivity contribution in [1.29, 1.82) is 0 Å². The van der Waals surface area contributed by atoms with Crippen LogP contribution in [0.1, 0.15) is 36.8 Å². The zero-order chi connectivity index (χ0) is 19.8. The van der Waals surface area contributed by atoms with Gasteiger partial charge in [0.1, 0.15) is 11.5 Å². The third-order valence-electron chi connectivity index (χ3n) is 4.48. The van der Waals surface area contributed by atoms with Crippen LogP contribution in [0.25, 0.3) is 17.4 Å². The van der Waals surface area contributed by atoms with E-state index in [0.717, 1.165) is 0 Å². The fourth-order valence-electron chi connectivity index (χ4n) is 3.08. The number of Topliss-reactive ketones (excluding diaryl/α,β-unsaturated/α-hetero) is 2. The molecule has 0 saturated carbocycles. The Morgan fingerprint density at radius 2 is 1.68 bits per heavy atom. The van der Waals surface area contributed by atoms with Gasteiger partial charge in [0, 0.05) is 16.7 Å². The number of allylic oxidation sites excluding steroid dienone is 1. The number of halogens is 1.